The number of phenols is 2. The molecule has 0 bridgehead atoms. The quantitative estimate of drug-likeness (QED) is 0.0808. The molecule has 0 amide bonds. The lowest BCUT2D eigenvalue weighted by molar-refractivity contribution is 0.470. The maximum Gasteiger partial charge on any atom is 0.124 e. The number of hydrogen-bond donors (Lipinski definition) is 2. The number of phenolic OH excluding ortho intramolecular Hbond substituents is 2. The van der Waals surface area contributed by atoms with E-state index in [0.717, 1.165) is 45.5 Å². The van der Waals surface area contributed by atoms with Crippen LogP contribution in [0.1, 0.15) is 153 Å². The van der Waals surface area contributed by atoms with Gasteiger partial charge in [0.05, 0.1) is 0 Å². The Morgan fingerprint density at radius 1 is 0.370 bits per heavy atom. The van der Waals surface area contributed by atoms with Gasteiger partial charge in [-0.15, -0.1) is 0 Å². The Bertz CT molecular complexity index is 1340. The summed E-state index contributed by atoms with van der Waals surface area (Å²) in [6, 6.07) is 20.9. The minimum atomic E-state index is 0.215. The smallest absolute Gasteiger partial charge is 0.124 e. The van der Waals surface area contributed by atoms with Gasteiger partial charge in [-0.25, -0.2) is 0 Å². The van der Waals surface area contributed by atoms with Crippen LogP contribution in [0.3, 0.4) is 0 Å². The fraction of sp³-hybridized carbons (Fsp3) is 0.545. The molecule has 4 rings (SSSR count). The monoisotopic (exact) mass is 622 g/mol. The van der Waals surface area contributed by atoms with E-state index in [0.29, 0.717) is 0 Å². The summed E-state index contributed by atoms with van der Waals surface area (Å²) in [5.41, 5.74) is 4.16. The van der Waals surface area contributed by atoms with E-state index >= 15 is 0 Å². The van der Waals surface area contributed by atoms with Crippen LogP contribution in [0, 0.1) is 0 Å². The van der Waals surface area contributed by atoms with Gasteiger partial charge in [-0.1, -0.05) is 178 Å². The van der Waals surface area contributed by atoms with Crippen molar-refractivity contribution in [1.29, 1.82) is 0 Å². The van der Waals surface area contributed by atoms with E-state index < -0.39 is 0 Å². The molecule has 4 aromatic rings. The summed E-state index contributed by atoms with van der Waals surface area (Å²) >= 11 is 0. The summed E-state index contributed by atoms with van der Waals surface area (Å²) in [5.74, 6) is 0.430. The molecule has 0 aliphatic heterocycles. The number of rotatable bonds is 23. The molecule has 0 heterocycles. The summed E-state index contributed by atoms with van der Waals surface area (Å²) < 4.78 is 0. The Hall–Kier alpha value is -3.00. The van der Waals surface area contributed by atoms with E-state index in [1.54, 1.807) is 12.1 Å². The molecule has 0 fully saturated rings. The number of aryl methyl sites for hydroxylation is 2. The Morgan fingerprint density at radius 2 is 0.696 bits per heavy atom. The molecule has 0 unspecified atom stereocenters. The van der Waals surface area contributed by atoms with Crippen LogP contribution in [-0.2, 0) is 12.8 Å². The molecule has 0 spiro atoms. The molecule has 0 radical (unpaired) electrons. The SMILES string of the molecule is CCCCCCCCCCCCc1ccc2c(-c3c(O)ccc4cc(CCCCCCCCCCCC)ccc34)c(O)ccc2c1. The van der Waals surface area contributed by atoms with Gasteiger partial charge in [0.15, 0.2) is 0 Å². The second-order valence-corrected chi connectivity index (χ2v) is 13.9. The Balaban J connectivity index is 1.34. The highest BCUT2D eigenvalue weighted by Gasteiger charge is 2.17. The second kappa shape index (κ2) is 20.3. The van der Waals surface area contributed by atoms with E-state index in [4.69, 9.17) is 0 Å². The van der Waals surface area contributed by atoms with Crippen LogP contribution in [0.2, 0.25) is 0 Å². The minimum Gasteiger partial charge on any atom is -0.507 e. The van der Waals surface area contributed by atoms with Gasteiger partial charge in [-0.05, 0) is 70.5 Å². The molecule has 2 heteroatoms. The van der Waals surface area contributed by atoms with Crippen molar-refractivity contribution in [1.82, 2.24) is 0 Å². The van der Waals surface area contributed by atoms with Crippen molar-refractivity contribution in [3.05, 3.63) is 71.8 Å². The van der Waals surface area contributed by atoms with Crippen LogP contribution < -0.4 is 0 Å². The summed E-state index contributed by atoms with van der Waals surface area (Å²) in [5, 5.41) is 26.5. The third-order valence-corrected chi connectivity index (χ3v) is 10.0. The fourth-order valence-electron chi connectivity index (χ4n) is 7.21. The largest absolute Gasteiger partial charge is 0.507 e. The normalized spacial score (nSPS) is 11.6. The summed E-state index contributed by atoms with van der Waals surface area (Å²) in [6.07, 6.45) is 29.2. The number of fused-ring (bicyclic) bond motifs is 2. The van der Waals surface area contributed by atoms with E-state index in [2.05, 4.69) is 50.2 Å². The number of unbranched alkanes of at least 4 members (excludes halogenated alkanes) is 18. The average molecular weight is 623 g/mol. The van der Waals surface area contributed by atoms with Gasteiger partial charge in [-0.2, -0.15) is 0 Å². The van der Waals surface area contributed by atoms with E-state index in [1.807, 2.05) is 12.1 Å². The molecular weight excluding hydrogens is 560 g/mol. The third kappa shape index (κ3) is 11.1. The van der Waals surface area contributed by atoms with E-state index in [-0.39, 0.29) is 11.5 Å². The highest BCUT2D eigenvalue weighted by Crippen LogP contribution is 2.45. The minimum absolute atomic E-state index is 0.215. The molecule has 0 saturated carbocycles. The highest BCUT2D eigenvalue weighted by atomic mass is 16.3. The molecule has 46 heavy (non-hydrogen) atoms. The topological polar surface area (TPSA) is 40.5 Å². The lowest BCUT2D eigenvalue weighted by atomic mass is 9.90. The summed E-state index contributed by atoms with van der Waals surface area (Å²) in [4.78, 5) is 0. The zero-order chi connectivity index (χ0) is 32.4. The van der Waals surface area contributed by atoms with Crippen LogP contribution in [0.5, 0.6) is 11.5 Å². The predicted octanol–water partition coefficient (Wildman–Crippen LogP) is 14.0. The predicted molar refractivity (Wildman–Crippen MR) is 201 cm³/mol. The standard InChI is InChI=1S/C44H62O2/c1-3-5-7-9-11-13-15-17-19-21-23-35-25-29-39-37(33-35)27-31-41(45)43(39)44-40-30-26-36(34-38(40)28-32-42(44)46)24-22-20-18-16-14-12-10-8-6-4-2/h25-34,45-46H,3-24H2,1-2H3. The van der Waals surface area contributed by atoms with Crippen molar-refractivity contribution in [2.24, 2.45) is 0 Å². The Kier molecular flexibility index (Phi) is 15.8. The maximum atomic E-state index is 11.1. The van der Waals surface area contributed by atoms with Gasteiger partial charge in [-0.3, -0.25) is 0 Å². The lowest BCUT2D eigenvalue weighted by Gasteiger charge is -2.15. The molecule has 0 atom stereocenters. The van der Waals surface area contributed by atoms with E-state index in [9.17, 15) is 10.2 Å². The summed E-state index contributed by atoms with van der Waals surface area (Å²) in [7, 11) is 0. The van der Waals surface area contributed by atoms with Gasteiger partial charge in [0.1, 0.15) is 11.5 Å². The van der Waals surface area contributed by atoms with Crippen molar-refractivity contribution in [3.8, 4) is 22.6 Å². The Morgan fingerprint density at radius 3 is 1.04 bits per heavy atom. The van der Waals surface area contributed by atoms with Gasteiger partial charge in [0.2, 0.25) is 0 Å². The molecule has 0 aliphatic rings. The van der Waals surface area contributed by atoms with Crippen LogP contribution in [0.25, 0.3) is 32.7 Å². The van der Waals surface area contributed by atoms with Gasteiger partial charge in [0, 0.05) is 11.1 Å². The first-order valence-corrected chi connectivity index (χ1v) is 19.1. The summed E-state index contributed by atoms with van der Waals surface area (Å²) in [6.45, 7) is 4.56. The molecule has 2 nitrogen and oxygen atoms in total. The molecule has 0 aliphatic carbocycles. The molecule has 0 saturated heterocycles. The fourth-order valence-corrected chi connectivity index (χ4v) is 7.21. The van der Waals surface area contributed by atoms with Crippen LogP contribution in [0.15, 0.2) is 60.7 Å². The van der Waals surface area contributed by atoms with Crippen molar-refractivity contribution in [3.63, 3.8) is 0 Å². The maximum absolute atomic E-state index is 11.1. The van der Waals surface area contributed by atoms with Gasteiger partial charge < -0.3 is 10.2 Å². The molecule has 250 valence electrons. The Labute approximate surface area is 280 Å². The zero-order valence-electron chi connectivity index (χ0n) is 29.2. The molecule has 4 aromatic carbocycles. The van der Waals surface area contributed by atoms with Gasteiger partial charge >= 0.3 is 0 Å². The van der Waals surface area contributed by atoms with Gasteiger partial charge in [0.25, 0.3) is 0 Å². The highest BCUT2D eigenvalue weighted by molar-refractivity contribution is 6.09. The van der Waals surface area contributed by atoms with Crippen LogP contribution >= 0.6 is 0 Å². The van der Waals surface area contributed by atoms with E-state index in [1.165, 1.54) is 140 Å². The number of benzene rings is 4. The lowest BCUT2D eigenvalue weighted by Crippen LogP contribution is -1.91. The first kappa shape index (κ1) is 35.8. The zero-order valence-corrected chi connectivity index (χ0v) is 29.2. The van der Waals surface area contributed by atoms with Crippen LogP contribution in [0.4, 0.5) is 0 Å². The first-order valence-electron chi connectivity index (χ1n) is 19.1. The van der Waals surface area contributed by atoms with Crippen LogP contribution in [-0.4, -0.2) is 10.2 Å². The molecular formula is C44H62O2. The number of aromatic hydroxyl groups is 2. The van der Waals surface area contributed by atoms with Crippen molar-refractivity contribution in [2.45, 2.75) is 155 Å². The average Bonchev–Trinajstić information content (AvgIpc) is 3.07. The first-order chi connectivity index (χ1) is 22.6. The van der Waals surface area contributed by atoms with Crippen molar-refractivity contribution < 1.29 is 10.2 Å². The third-order valence-electron chi connectivity index (χ3n) is 10.0. The van der Waals surface area contributed by atoms with Crippen molar-refractivity contribution in [2.75, 3.05) is 0 Å². The second-order valence-electron chi connectivity index (χ2n) is 13.9. The molecule has 0 aromatic heterocycles. The molecule has 2 N–H and O–H groups in total. The number of hydrogen-bond acceptors (Lipinski definition) is 2. The van der Waals surface area contributed by atoms with Crippen molar-refractivity contribution >= 4 is 21.5 Å².